The summed E-state index contributed by atoms with van der Waals surface area (Å²) in [5.74, 6) is -0.689. The average molecular weight is 337 g/mol. The van der Waals surface area contributed by atoms with E-state index >= 15 is 0 Å². The van der Waals surface area contributed by atoms with Crippen LogP contribution in [0.25, 0.3) is 10.8 Å². The monoisotopic (exact) mass is 337 g/mol. The maximum absolute atomic E-state index is 12.6. The molecule has 0 radical (unpaired) electrons. The normalized spacial score (nSPS) is 19.2. The summed E-state index contributed by atoms with van der Waals surface area (Å²) in [6, 6.07) is 15.2. The Morgan fingerprint density at radius 3 is 2.79 bits per heavy atom. The summed E-state index contributed by atoms with van der Waals surface area (Å²) in [5.41, 5.74) is -0.433. The summed E-state index contributed by atoms with van der Waals surface area (Å²) >= 11 is 1.44. The zero-order valence-corrected chi connectivity index (χ0v) is 13.8. The molecule has 1 atom stereocenters. The van der Waals surface area contributed by atoms with Crippen molar-refractivity contribution in [1.29, 1.82) is 0 Å². The fraction of sp³-hybridized carbons (Fsp3) is 0.158. The number of carbonyl (C=O) groups is 1. The van der Waals surface area contributed by atoms with Crippen LogP contribution < -0.4 is 0 Å². The maximum Gasteiger partial charge on any atom is 0.349 e. The molecular weight excluding hydrogens is 322 g/mol. The van der Waals surface area contributed by atoms with Gasteiger partial charge in [-0.1, -0.05) is 42.5 Å². The van der Waals surface area contributed by atoms with E-state index in [0.717, 1.165) is 15.6 Å². The van der Waals surface area contributed by atoms with Gasteiger partial charge >= 0.3 is 5.97 Å². The topological polar surface area (TPSA) is 58.9 Å². The molecular formula is C19H15NO3S. The van der Waals surface area contributed by atoms with Crippen molar-refractivity contribution in [2.24, 2.45) is 4.99 Å². The minimum Gasteiger partial charge on any atom is -0.463 e. The summed E-state index contributed by atoms with van der Waals surface area (Å²) < 4.78 is 5.16. The zero-order valence-electron chi connectivity index (χ0n) is 13.0. The van der Waals surface area contributed by atoms with Gasteiger partial charge in [0, 0.05) is 10.9 Å². The fourth-order valence-corrected chi connectivity index (χ4v) is 3.84. The minimum absolute atomic E-state index is 0.196. The number of rotatable bonds is 3. The summed E-state index contributed by atoms with van der Waals surface area (Å²) in [6.07, 6.45) is 0. The van der Waals surface area contributed by atoms with Crippen molar-refractivity contribution in [2.75, 3.05) is 6.61 Å². The van der Waals surface area contributed by atoms with Gasteiger partial charge in [-0.3, -0.25) is 0 Å². The summed E-state index contributed by atoms with van der Waals surface area (Å²) in [7, 11) is 0. The first-order valence-corrected chi connectivity index (χ1v) is 8.59. The van der Waals surface area contributed by atoms with Crippen molar-refractivity contribution in [3.63, 3.8) is 0 Å². The summed E-state index contributed by atoms with van der Waals surface area (Å²) in [5, 5.41) is 15.1. The number of hydrogen-bond donors (Lipinski definition) is 1. The predicted molar refractivity (Wildman–Crippen MR) is 95.0 cm³/mol. The van der Waals surface area contributed by atoms with Gasteiger partial charge in [-0.15, -0.1) is 11.3 Å². The Kier molecular flexibility index (Phi) is 3.48. The molecule has 0 saturated carbocycles. The van der Waals surface area contributed by atoms with Crippen molar-refractivity contribution in [3.05, 3.63) is 64.4 Å². The minimum atomic E-state index is -1.87. The van der Waals surface area contributed by atoms with E-state index < -0.39 is 11.6 Å². The Morgan fingerprint density at radius 2 is 2.04 bits per heavy atom. The molecule has 0 unspecified atom stereocenters. The second-order valence-electron chi connectivity index (χ2n) is 5.55. The van der Waals surface area contributed by atoms with Gasteiger partial charge in [0.2, 0.25) is 5.60 Å². The SMILES string of the molecule is CCOC(=O)[C@]1(O)C(c2cccs2)=Nc2c1ccc1ccccc21. The summed E-state index contributed by atoms with van der Waals surface area (Å²) in [4.78, 5) is 18.0. The lowest BCUT2D eigenvalue weighted by atomic mass is 9.88. The smallest absolute Gasteiger partial charge is 0.349 e. The molecule has 4 nitrogen and oxygen atoms in total. The first-order chi connectivity index (χ1) is 11.7. The predicted octanol–water partition coefficient (Wildman–Crippen LogP) is 3.79. The first-order valence-electron chi connectivity index (χ1n) is 7.71. The molecule has 2 heterocycles. The van der Waals surface area contributed by atoms with Crippen molar-refractivity contribution >= 4 is 39.5 Å². The van der Waals surface area contributed by atoms with Crippen molar-refractivity contribution in [2.45, 2.75) is 12.5 Å². The van der Waals surface area contributed by atoms with Crippen LogP contribution in [0.1, 0.15) is 17.4 Å². The molecule has 0 spiro atoms. The Hall–Kier alpha value is -2.50. The number of aliphatic hydroxyl groups is 1. The molecule has 1 N–H and O–H groups in total. The molecule has 0 amide bonds. The Labute approximate surface area is 143 Å². The molecule has 3 aromatic rings. The highest BCUT2D eigenvalue weighted by Gasteiger charge is 2.51. The maximum atomic E-state index is 12.6. The molecule has 5 heteroatoms. The van der Waals surface area contributed by atoms with Crippen LogP contribution >= 0.6 is 11.3 Å². The lowest BCUT2D eigenvalue weighted by Crippen LogP contribution is -2.43. The number of thiophene rings is 1. The van der Waals surface area contributed by atoms with E-state index in [1.165, 1.54) is 11.3 Å². The summed E-state index contributed by atoms with van der Waals surface area (Å²) in [6.45, 7) is 1.92. The molecule has 0 bridgehead atoms. The van der Waals surface area contributed by atoms with E-state index in [1.54, 1.807) is 13.0 Å². The number of nitrogens with zero attached hydrogens (tertiary/aromatic N) is 1. The van der Waals surface area contributed by atoms with Crippen LogP contribution in [0.5, 0.6) is 0 Å². The van der Waals surface area contributed by atoms with Gasteiger partial charge in [0.25, 0.3) is 0 Å². The molecule has 2 aromatic carbocycles. The van der Waals surface area contributed by atoms with E-state index in [4.69, 9.17) is 4.74 Å². The van der Waals surface area contributed by atoms with Crippen LogP contribution in [0.4, 0.5) is 5.69 Å². The highest BCUT2D eigenvalue weighted by atomic mass is 32.1. The molecule has 0 saturated heterocycles. The molecule has 1 aromatic heterocycles. The van der Waals surface area contributed by atoms with Crippen LogP contribution in [0.15, 0.2) is 58.9 Å². The number of carbonyl (C=O) groups excluding carboxylic acids is 1. The van der Waals surface area contributed by atoms with Crippen LogP contribution in [-0.4, -0.2) is 23.4 Å². The van der Waals surface area contributed by atoms with E-state index in [1.807, 2.05) is 47.8 Å². The van der Waals surface area contributed by atoms with Gasteiger partial charge in [0.05, 0.1) is 17.2 Å². The Bertz CT molecular complexity index is 962. The Morgan fingerprint density at radius 1 is 1.21 bits per heavy atom. The molecule has 0 aliphatic carbocycles. The molecule has 4 rings (SSSR count). The number of benzene rings is 2. The molecule has 1 aliphatic rings. The van der Waals surface area contributed by atoms with Gasteiger partial charge in [0.1, 0.15) is 5.71 Å². The molecule has 24 heavy (non-hydrogen) atoms. The van der Waals surface area contributed by atoms with Crippen LogP contribution in [0, 0.1) is 0 Å². The van der Waals surface area contributed by atoms with E-state index in [2.05, 4.69) is 4.99 Å². The van der Waals surface area contributed by atoms with Crippen LogP contribution in [0.2, 0.25) is 0 Å². The van der Waals surface area contributed by atoms with Gasteiger partial charge in [-0.25, -0.2) is 9.79 Å². The van der Waals surface area contributed by atoms with Crippen molar-refractivity contribution in [3.8, 4) is 0 Å². The molecule has 120 valence electrons. The largest absolute Gasteiger partial charge is 0.463 e. The average Bonchev–Trinajstić information content (AvgIpc) is 3.22. The molecule has 1 aliphatic heterocycles. The van der Waals surface area contributed by atoms with Crippen LogP contribution in [-0.2, 0) is 15.1 Å². The van der Waals surface area contributed by atoms with E-state index in [9.17, 15) is 9.90 Å². The number of esters is 1. The number of ether oxygens (including phenoxy) is 1. The van der Waals surface area contributed by atoms with Gasteiger partial charge in [-0.2, -0.15) is 0 Å². The van der Waals surface area contributed by atoms with E-state index in [0.29, 0.717) is 17.0 Å². The lowest BCUT2D eigenvalue weighted by Gasteiger charge is -2.23. The third kappa shape index (κ3) is 2.02. The number of hydrogen-bond acceptors (Lipinski definition) is 5. The van der Waals surface area contributed by atoms with E-state index in [-0.39, 0.29) is 6.61 Å². The highest BCUT2D eigenvalue weighted by molar-refractivity contribution is 7.12. The van der Waals surface area contributed by atoms with Gasteiger partial charge in [0.15, 0.2) is 0 Å². The number of fused-ring (bicyclic) bond motifs is 3. The second kappa shape index (κ2) is 5.54. The van der Waals surface area contributed by atoms with Crippen molar-refractivity contribution in [1.82, 2.24) is 0 Å². The third-order valence-corrected chi connectivity index (χ3v) is 5.06. The highest BCUT2D eigenvalue weighted by Crippen LogP contribution is 2.45. The van der Waals surface area contributed by atoms with Gasteiger partial charge < -0.3 is 9.84 Å². The molecule has 0 fully saturated rings. The standard InChI is InChI=1S/C19H15NO3S/c1-2-23-18(21)19(22)14-10-9-12-6-3-4-7-13(12)16(14)20-17(19)15-8-5-11-24-15/h3-11,22H,2H2,1H3/t19-/m1/s1. The Balaban J connectivity index is 2.01. The fourth-order valence-electron chi connectivity index (χ4n) is 3.08. The number of aliphatic imine (C=N–C) groups is 1. The lowest BCUT2D eigenvalue weighted by molar-refractivity contribution is -0.158. The van der Waals surface area contributed by atoms with Gasteiger partial charge in [-0.05, 0) is 23.8 Å². The second-order valence-corrected chi connectivity index (χ2v) is 6.50. The third-order valence-electron chi connectivity index (χ3n) is 4.18. The first kappa shape index (κ1) is 15.1. The quantitative estimate of drug-likeness (QED) is 0.740. The van der Waals surface area contributed by atoms with Crippen LogP contribution in [0.3, 0.4) is 0 Å². The van der Waals surface area contributed by atoms with Crippen molar-refractivity contribution < 1.29 is 14.6 Å². The zero-order chi connectivity index (χ0) is 16.7.